The predicted octanol–water partition coefficient (Wildman–Crippen LogP) is 5.35. The number of halogens is 2. The van der Waals surface area contributed by atoms with Crippen molar-refractivity contribution in [3.8, 4) is 5.75 Å². The standard InChI is InChI=1S/C25H19Cl2N3O6/c1-2-35-18-8-4-5-15(13-18)28-24(31)21-22(19-10-9-14(26)11-20(19)27)29(36-23(21)25(28)32)16-6-3-7-17(12-16)30(33)34/h3-13,21-23H,2H2,1H3/t21-,22-,23-/m0/s1. The highest BCUT2D eigenvalue weighted by Crippen LogP contribution is 2.49. The lowest BCUT2D eigenvalue weighted by Gasteiger charge is -2.29. The smallest absolute Gasteiger partial charge is 0.271 e. The van der Waals surface area contributed by atoms with Gasteiger partial charge >= 0.3 is 0 Å². The molecular formula is C25H19Cl2N3O6. The fourth-order valence-electron chi connectivity index (χ4n) is 4.57. The monoisotopic (exact) mass is 527 g/mol. The molecule has 2 fully saturated rings. The van der Waals surface area contributed by atoms with Crippen LogP contribution in [0.3, 0.4) is 0 Å². The van der Waals surface area contributed by atoms with Gasteiger partial charge in [-0.3, -0.25) is 24.5 Å². The van der Waals surface area contributed by atoms with E-state index in [4.69, 9.17) is 32.8 Å². The van der Waals surface area contributed by atoms with Crippen molar-refractivity contribution in [2.75, 3.05) is 16.6 Å². The second-order valence-electron chi connectivity index (χ2n) is 8.21. The molecule has 2 aliphatic rings. The molecule has 0 aromatic heterocycles. The van der Waals surface area contributed by atoms with Gasteiger partial charge in [0.25, 0.3) is 11.6 Å². The van der Waals surface area contributed by atoms with Gasteiger partial charge in [0.05, 0.1) is 28.9 Å². The van der Waals surface area contributed by atoms with E-state index in [9.17, 15) is 19.7 Å². The normalized spacial score (nSPS) is 21.1. The molecule has 0 N–H and O–H groups in total. The Bertz CT molecular complexity index is 1380. The first kappa shape index (κ1) is 24.1. The number of imide groups is 1. The fraction of sp³-hybridized carbons (Fsp3) is 0.200. The number of nitrogens with zero attached hydrogens (tertiary/aromatic N) is 3. The number of hydroxylamine groups is 1. The first-order valence-electron chi connectivity index (χ1n) is 11.1. The number of non-ortho nitro benzene ring substituents is 1. The minimum Gasteiger partial charge on any atom is -0.494 e. The van der Waals surface area contributed by atoms with E-state index in [2.05, 4.69) is 0 Å². The van der Waals surface area contributed by atoms with Crippen LogP contribution in [0.5, 0.6) is 5.75 Å². The second-order valence-corrected chi connectivity index (χ2v) is 9.05. The molecule has 0 aliphatic carbocycles. The first-order valence-corrected chi connectivity index (χ1v) is 11.8. The summed E-state index contributed by atoms with van der Waals surface area (Å²) >= 11 is 12.6. The van der Waals surface area contributed by atoms with Crippen LogP contribution in [-0.4, -0.2) is 29.4 Å². The summed E-state index contributed by atoms with van der Waals surface area (Å²) in [5, 5.41) is 13.4. The van der Waals surface area contributed by atoms with E-state index in [0.717, 1.165) is 4.90 Å². The third-order valence-corrected chi connectivity index (χ3v) is 6.64. The van der Waals surface area contributed by atoms with E-state index in [-0.39, 0.29) is 10.7 Å². The van der Waals surface area contributed by atoms with Crippen molar-refractivity contribution in [2.45, 2.75) is 19.1 Å². The van der Waals surface area contributed by atoms with Crippen molar-refractivity contribution in [2.24, 2.45) is 5.92 Å². The topological polar surface area (TPSA) is 102 Å². The largest absolute Gasteiger partial charge is 0.494 e. The maximum Gasteiger partial charge on any atom is 0.271 e. The van der Waals surface area contributed by atoms with Crippen molar-refractivity contribution in [3.63, 3.8) is 0 Å². The average molecular weight is 528 g/mol. The van der Waals surface area contributed by atoms with Crippen molar-refractivity contribution in [1.29, 1.82) is 0 Å². The van der Waals surface area contributed by atoms with E-state index in [1.807, 2.05) is 6.92 Å². The highest BCUT2D eigenvalue weighted by atomic mass is 35.5. The van der Waals surface area contributed by atoms with E-state index in [0.29, 0.717) is 34.3 Å². The Balaban J connectivity index is 1.60. The first-order chi connectivity index (χ1) is 17.3. The van der Waals surface area contributed by atoms with Crippen molar-refractivity contribution in [1.82, 2.24) is 0 Å². The van der Waals surface area contributed by atoms with Gasteiger partial charge in [-0.1, -0.05) is 41.4 Å². The van der Waals surface area contributed by atoms with Crippen LogP contribution >= 0.6 is 23.2 Å². The molecular weight excluding hydrogens is 509 g/mol. The quantitative estimate of drug-likeness (QED) is 0.241. The average Bonchev–Trinajstić information content (AvgIpc) is 3.35. The van der Waals surface area contributed by atoms with Crippen molar-refractivity contribution < 1.29 is 24.1 Å². The zero-order chi connectivity index (χ0) is 25.6. The number of fused-ring (bicyclic) bond motifs is 1. The van der Waals surface area contributed by atoms with Crippen LogP contribution < -0.4 is 14.7 Å². The van der Waals surface area contributed by atoms with Gasteiger partial charge in [0.2, 0.25) is 5.91 Å². The number of anilines is 2. The Labute approximate surface area is 215 Å². The molecule has 184 valence electrons. The lowest BCUT2D eigenvalue weighted by Crippen LogP contribution is -2.37. The number of carbonyl (C=O) groups is 2. The van der Waals surface area contributed by atoms with Crippen LogP contribution in [0, 0.1) is 16.0 Å². The van der Waals surface area contributed by atoms with Gasteiger partial charge < -0.3 is 4.74 Å². The van der Waals surface area contributed by atoms with Gasteiger partial charge in [-0.25, -0.2) is 9.96 Å². The van der Waals surface area contributed by atoms with Gasteiger partial charge in [-0.15, -0.1) is 0 Å². The van der Waals surface area contributed by atoms with E-state index >= 15 is 0 Å². The predicted molar refractivity (Wildman–Crippen MR) is 133 cm³/mol. The lowest BCUT2D eigenvalue weighted by atomic mass is 9.90. The molecule has 3 aromatic rings. The Morgan fingerprint density at radius 1 is 1.00 bits per heavy atom. The second kappa shape index (κ2) is 9.42. The Kier molecular flexibility index (Phi) is 6.29. The van der Waals surface area contributed by atoms with Crippen LogP contribution in [0.1, 0.15) is 18.5 Å². The minimum absolute atomic E-state index is 0.166. The van der Waals surface area contributed by atoms with Gasteiger partial charge in [0.1, 0.15) is 11.7 Å². The number of nitro benzene ring substituents is 1. The number of hydrogen-bond acceptors (Lipinski definition) is 7. The molecule has 0 unspecified atom stereocenters. The van der Waals surface area contributed by atoms with Gasteiger partial charge in [-0.05, 0) is 42.8 Å². The SMILES string of the molecule is CCOc1cccc(N2C(=O)[C@@H]3[C@H](ON(c4cccc([N+](=O)[O-])c4)[C@H]3c3ccc(Cl)cc3Cl)C2=O)c1. The molecule has 0 saturated carbocycles. The van der Waals surface area contributed by atoms with E-state index in [1.54, 1.807) is 42.5 Å². The van der Waals surface area contributed by atoms with Crippen LogP contribution in [0.25, 0.3) is 0 Å². The summed E-state index contributed by atoms with van der Waals surface area (Å²) in [6, 6.07) is 16.4. The maximum absolute atomic E-state index is 13.8. The summed E-state index contributed by atoms with van der Waals surface area (Å²) in [5.74, 6) is -1.49. The number of ether oxygens (including phenoxy) is 1. The minimum atomic E-state index is -1.16. The summed E-state index contributed by atoms with van der Waals surface area (Å²) in [4.78, 5) is 45.2. The number of hydrogen-bond donors (Lipinski definition) is 0. The molecule has 9 nitrogen and oxygen atoms in total. The molecule has 2 heterocycles. The Morgan fingerprint density at radius 3 is 2.47 bits per heavy atom. The number of benzene rings is 3. The van der Waals surface area contributed by atoms with Crippen LogP contribution in [0.15, 0.2) is 66.7 Å². The summed E-state index contributed by atoms with van der Waals surface area (Å²) in [6.07, 6.45) is -1.16. The molecule has 3 atom stereocenters. The molecule has 0 radical (unpaired) electrons. The highest BCUT2D eigenvalue weighted by Gasteiger charge is 2.60. The van der Waals surface area contributed by atoms with Gasteiger partial charge in [-0.2, -0.15) is 0 Å². The van der Waals surface area contributed by atoms with Crippen molar-refractivity contribution in [3.05, 3.63) is 92.5 Å². The molecule has 3 aromatic carbocycles. The van der Waals surface area contributed by atoms with Crippen LogP contribution in [0.2, 0.25) is 10.0 Å². The molecule has 0 bridgehead atoms. The van der Waals surface area contributed by atoms with E-state index in [1.165, 1.54) is 29.3 Å². The summed E-state index contributed by atoms with van der Waals surface area (Å²) in [5.41, 5.74) is 0.990. The van der Waals surface area contributed by atoms with Gasteiger partial charge in [0, 0.05) is 28.2 Å². The van der Waals surface area contributed by atoms with Crippen molar-refractivity contribution >= 4 is 52.1 Å². The molecule has 0 spiro atoms. The molecule has 2 saturated heterocycles. The molecule has 11 heteroatoms. The molecule has 36 heavy (non-hydrogen) atoms. The summed E-state index contributed by atoms with van der Waals surface area (Å²) in [6.45, 7) is 2.26. The zero-order valence-corrected chi connectivity index (χ0v) is 20.3. The number of carbonyl (C=O) groups excluding carboxylic acids is 2. The number of nitro groups is 1. The molecule has 5 rings (SSSR count). The number of rotatable bonds is 6. The third-order valence-electron chi connectivity index (χ3n) is 6.08. The van der Waals surface area contributed by atoms with E-state index < -0.39 is 34.8 Å². The molecule has 2 aliphatic heterocycles. The van der Waals surface area contributed by atoms with Crippen LogP contribution in [0.4, 0.5) is 17.1 Å². The number of amides is 2. The zero-order valence-electron chi connectivity index (χ0n) is 18.8. The summed E-state index contributed by atoms with van der Waals surface area (Å²) < 4.78 is 5.52. The fourth-order valence-corrected chi connectivity index (χ4v) is 5.09. The molecule has 2 amide bonds. The Morgan fingerprint density at radius 2 is 1.75 bits per heavy atom. The summed E-state index contributed by atoms with van der Waals surface area (Å²) in [7, 11) is 0. The van der Waals surface area contributed by atoms with Crippen LogP contribution in [-0.2, 0) is 14.4 Å². The Hall–Kier alpha value is -3.66. The third kappa shape index (κ3) is 4.05. The lowest BCUT2D eigenvalue weighted by molar-refractivity contribution is -0.384. The van der Waals surface area contributed by atoms with Gasteiger partial charge in [0.15, 0.2) is 6.10 Å². The highest BCUT2D eigenvalue weighted by molar-refractivity contribution is 6.35. The maximum atomic E-state index is 13.8.